The Kier molecular flexibility index (Phi) is 11.2. The summed E-state index contributed by atoms with van der Waals surface area (Å²) in [5.74, 6) is 1.23. The van der Waals surface area contributed by atoms with Gasteiger partial charge in [0.25, 0.3) is 0 Å². The zero-order valence-electron chi connectivity index (χ0n) is 11.9. The van der Waals surface area contributed by atoms with Crippen LogP contribution in [0, 0.1) is 0 Å². The Morgan fingerprint density at radius 1 is 1.22 bits per heavy atom. The predicted octanol–water partition coefficient (Wildman–Crippen LogP) is 1.83. The second kappa shape index (κ2) is 11.1. The molecule has 0 aromatic rings. The first-order valence-electron chi connectivity index (χ1n) is 6.71. The number of hydrogen-bond acceptors (Lipinski definition) is 4. The Labute approximate surface area is 117 Å². The summed E-state index contributed by atoms with van der Waals surface area (Å²) in [5, 5.41) is 3.27. The molecule has 0 aromatic carbocycles. The van der Waals surface area contributed by atoms with E-state index >= 15 is 0 Å². The first kappa shape index (κ1) is 18.2. The molecule has 4 nitrogen and oxygen atoms in total. The van der Waals surface area contributed by atoms with Crippen LogP contribution in [0.4, 0.5) is 0 Å². The fourth-order valence-electron chi connectivity index (χ4n) is 1.56. The molecular formula is C12H28N2O2S2. The number of hydrogen-bond donors (Lipinski definition) is 2. The molecule has 0 aromatic heterocycles. The first-order chi connectivity index (χ1) is 8.52. The highest BCUT2D eigenvalue weighted by Crippen LogP contribution is 2.02. The van der Waals surface area contributed by atoms with Crippen molar-refractivity contribution >= 4 is 21.8 Å². The molecule has 0 bridgehead atoms. The highest BCUT2D eigenvalue weighted by molar-refractivity contribution is 7.98. The SMILES string of the molecule is CCCNCCCCS(=O)(=O)NC(C)CCSC. The standard InChI is InChI=1S/C12H28N2O2S2/c1-4-8-13-9-5-6-11-18(15,16)14-12(2)7-10-17-3/h12-14H,4-11H2,1-3H3. The summed E-state index contributed by atoms with van der Waals surface area (Å²) in [6.07, 6.45) is 5.68. The second-order valence-electron chi connectivity index (χ2n) is 4.58. The average molecular weight is 297 g/mol. The number of rotatable bonds is 12. The van der Waals surface area contributed by atoms with E-state index in [1.54, 1.807) is 11.8 Å². The van der Waals surface area contributed by atoms with Crippen LogP contribution in [0.3, 0.4) is 0 Å². The number of thioether (sulfide) groups is 1. The van der Waals surface area contributed by atoms with Gasteiger partial charge in [-0.2, -0.15) is 11.8 Å². The van der Waals surface area contributed by atoms with E-state index in [2.05, 4.69) is 17.0 Å². The summed E-state index contributed by atoms with van der Waals surface area (Å²) < 4.78 is 26.2. The molecule has 0 fully saturated rings. The quantitative estimate of drug-likeness (QED) is 0.539. The lowest BCUT2D eigenvalue weighted by molar-refractivity contribution is 0.551. The molecule has 0 rings (SSSR count). The maximum atomic E-state index is 11.8. The second-order valence-corrected chi connectivity index (χ2v) is 7.44. The minimum Gasteiger partial charge on any atom is -0.317 e. The smallest absolute Gasteiger partial charge is 0.211 e. The van der Waals surface area contributed by atoms with Crippen molar-refractivity contribution in [3.05, 3.63) is 0 Å². The van der Waals surface area contributed by atoms with Crippen LogP contribution >= 0.6 is 11.8 Å². The fraction of sp³-hybridized carbons (Fsp3) is 1.00. The van der Waals surface area contributed by atoms with Gasteiger partial charge in [-0.1, -0.05) is 6.92 Å². The highest BCUT2D eigenvalue weighted by Gasteiger charge is 2.13. The molecular weight excluding hydrogens is 268 g/mol. The lowest BCUT2D eigenvalue weighted by atomic mass is 10.3. The number of sulfonamides is 1. The molecule has 0 aliphatic heterocycles. The third-order valence-corrected chi connectivity index (χ3v) is 4.81. The van der Waals surface area contributed by atoms with Crippen molar-refractivity contribution in [2.75, 3.05) is 30.9 Å². The summed E-state index contributed by atoms with van der Waals surface area (Å²) in [5.41, 5.74) is 0. The average Bonchev–Trinajstić information content (AvgIpc) is 2.30. The fourth-order valence-corrected chi connectivity index (χ4v) is 3.59. The molecule has 2 N–H and O–H groups in total. The molecule has 1 atom stereocenters. The van der Waals surface area contributed by atoms with Crippen molar-refractivity contribution < 1.29 is 8.42 Å². The topological polar surface area (TPSA) is 58.2 Å². The Balaban J connectivity index is 3.66. The monoisotopic (exact) mass is 296 g/mol. The van der Waals surface area contributed by atoms with Crippen molar-refractivity contribution in [1.29, 1.82) is 0 Å². The third kappa shape index (κ3) is 11.3. The van der Waals surface area contributed by atoms with Crippen molar-refractivity contribution in [3.63, 3.8) is 0 Å². The number of nitrogens with one attached hydrogen (secondary N) is 2. The molecule has 0 heterocycles. The minimum absolute atomic E-state index is 0.0423. The minimum atomic E-state index is -3.09. The van der Waals surface area contributed by atoms with Gasteiger partial charge in [0.05, 0.1) is 5.75 Å². The van der Waals surface area contributed by atoms with Gasteiger partial charge in [-0.3, -0.25) is 0 Å². The zero-order chi connectivity index (χ0) is 13.9. The molecule has 1 unspecified atom stereocenters. The van der Waals surface area contributed by atoms with Gasteiger partial charge >= 0.3 is 0 Å². The van der Waals surface area contributed by atoms with E-state index in [1.807, 2.05) is 13.2 Å². The first-order valence-corrected chi connectivity index (χ1v) is 9.76. The van der Waals surface area contributed by atoms with Gasteiger partial charge in [-0.15, -0.1) is 0 Å². The van der Waals surface area contributed by atoms with E-state index in [0.717, 1.165) is 44.5 Å². The van der Waals surface area contributed by atoms with E-state index < -0.39 is 10.0 Å². The summed E-state index contributed by atoms with van der Waals surface area (Å²) in [6, 6.07) is 0.0423. The van der Waals surface area contributed by atoms with Crippen LogP contribution in [0.2, 0.25) is 0 Å². The van der Waals surface area contributed by atoms with Gasteiger partial charge in [-0.05, 0) is 57.7 Å². The van der Waals surface area contributed by atoms with Crippen molar-refractivity contribution in [2.45, 2.75) is 45.6 Å². The molecule has 0 spiro atoms. The Bertz CT molecular complexity index is 282. The van der Waals surface area contributed by atoms with Crippen molar-refractivity contribution in [3.8, 4) is 0 Å². The molecule has 0 saturated heterocycles. The summed E-state index contributed by atoms with van der Waals surface area (Å²) in [7, 11) is -3.09. The lowest BCUT2D eigenvalue weighted by Crippen LogP contribution is -2.34. The van der Waals surface area contributed by atoms with Gasteiger partial charge < -0.3 is 5.32 Å². The van der Waals surface area contributed by atoms with E-state index in [-0.39, 0.29) is 11.8 Å². The lowest BCUT2D eigenvalue weighted by Gasteiger charge is -2.13. The maximum absolute atomic E-state index is 11.8. The number of unbranched alkanes of at least 4 members (excludes halogenated alkanes) is 1. The molecule has 0 aliphatic carbocycles. The molecule has 0 amide bonds. The van der Waals surface area contributed by atoms with Gasteiger partial charge in [-0.25, -0.2) is 13.1 Å². The predicted molar refractivity (Wildman–Crippen MR) is 81.8 cm³/mol. The highest BCUT2D eigenvalue weighted by atomic mass is 32.2. The zero-order valence-corrected chi connectivity index (χ0v) is 13.5. The summed E-state index contributed by atoms with van der Waals surface area (Å²) in [4.78, 5) is 0. The Morgan fingerprint density at radius 2 is 1.94 bits per heavy atom. The molecule has 0 saturated carbocycles. The van der Waals surface area contributed by atoms with E-state index in [9.17, 15) is 8.42 Å². The molecule has 18 heavy (non-hydrogen) atoms. The van der Waals surface area contributed by atoms with Gasteiger partial charge in [0.1, 0.15) is 0 Å². The van der Waals surface area contributed by atoms with Gasteiger partial charge in [0, 0.05) is 6.04 Å². The molecule has 6 heteroatoms. The normalized spacial score (nSPS) is 13.7. The van der Waals surface area contributed by atoms with E-state index in [4.69, 9.17) is 0 Å². The van der Waals surface area contributed by atoms with Crippen LogP contribution in [0.5, 0.6) is 0 Å². The van der Waals surface area contributed by atoms with E-state index in [0.29, 0.717) is 0 Å². The molecule has 110 valence electrons. The third-order valence-electron chi connectivity index (χ3n) is 2.58. The van der Waals surface area contributed by atoms with Crippen molar-refractivity contribution in [1.82, 2.24) is 10.0 Å². The largest absolute Gasteiger partial charge is 0.317 e. The van der Waals surface area contributed by atoms with Gasteiger partial charge in [0.2, 0.25) is 10.0 Å². The van der Waals surface area contributed by atoms with Crippen LogP contribution in [-0.4, -0.2) is 45.3 Å². The summed E-state index contributed by atoms with van der Waals surface area (Å²) >= 11 is 1.74. The van der Waals surface area contributed by atoms with E-state index in [1.165, 1.54) is 0 Å². The molecule has 0 radical (unpaired) electrons. The van der Waals surface area contributed by atoms with Gasteiger partial charge in [0.15, 0.2) is 0 Å². The molecule has 0 aliphatic rings. The summed E-state index contributed by atoms with van der Waals surface area (Å²) in [6.45, 7) is 5.97. The maximum Gasteiger partial charge on any atom is 0.211 e. The van der Waals surface area contributed by atoms with Crippen molar-refractivity contribution in [2.24, 2.45) is 0 Å². The van der Waals surface area contributed by atoms with Crippen LogP contribution in [0.1, 0.15) is 39.5 Å². The van der Waals surface area contributed by atoms with Crippen LogP contribution < -0.4 is 10.0 Å². The van der Waals surface area contributed by atoms with Crippen LogP contribution in [-0.2, 0) is 10.0 Å². The Morgan fingerprint density at radius 3 is 2.56 bits per heavy atom. The Hall–Kier alpha value is 0.220. The van der Waals surface area contributed by atoms with Crippen LogP contribution in [0.15, 0.2) is 0 Å². The van der Waals surface area contributed by atoms with Crippen LogP contribution in [0.25, 0.3) is 0 Å².